The van der Waals surface area contributed by atoms with Gasteiger partial charge in [0.1, 0.15) is 0 Å². The molecule has 1 atom stereocenters. The van der Waals surface area contributed by atoms with E-state index in [0.717, 1.165) is 9.13 Å². The van der Waals surface area contributed by atoms with Gasteiger partial charge in [0.05, 0.1) is 12.6 Å². The molecule has 2 rings (SSSR count). The van der Waals surface area contributed by atoms with Crippen LogP contribution in [0.25, 0.3) is 0 Å². The highest BCUT2D eigenvalue weighted by Gasteiger charge is 2.42. The molecule has 24 heavy (non-hydrogen) atoms. The largest absolute Gasteiger partial charge is 0.490 e. The van der Waals surface area contributed by atoms with Crippen LogP contribution in [0.3, 0.4) is 0 Å². The van der Waals surface area contributed by atoms with Gasteiger partial charge in [0.2, 0.25) is 0 Å². The van der Waals surface area contributed by atoms with Crippen molar-refractivity contribution in [2.24, 2.45) is 5.73 Å². The summed E-state index contributed by atoms with van der Waals surface area (Å²) < 4.78 is 59.8. The number of likely N-dealkylation sites (tertiary alicyclic amines) is 1. The maximum absolute atomic E-state index is 13.4. The van der Waals surface area contributed by atoms with E-state index in [4.69, 9.17) is 15.6 Å². The van der Waals surface area contributed by atoms with E-state index >= 15 is 0 Å². The summed E-state index contributed by atoms with van der Waals surface area (Å²) in [4.78, 5) is 10.7. The fraction of sp³-hybridized carbons (Fsp3) is 0.500. The summed E-state index contributed by atoms with van der Waals surface area (Å²) >= 11 is 2.23. The van der Waals surface area contributed by atoms with E-state index in [0.29, 0.717) is 19.5 Å². The Hall–Kier alpha value is -1.01. The number of carboxylic acid groups (broad SMARTS) is 1. The van der Waals surface area contributed by atoms with Gasteiger partial charge >= 0.3 is 12.1 Å². The molecular formula is C14H16F5IN2O2. The number of hydrogen-bond acceptors (Lipinski definition) is 3. The molecule has 1 fully saturated rings. The maximum Gasteiger partial charge on any atom is 0.490 e. The van der Waals surface area contributed by atoms with Crippen molar-refractivity contribution in [3.05, 3.63) is 33.4 Å². The van der Waals surface area contributed by atoms with Crippen molar-refractivity contribution in [3.63, 3.8) is 0 Å². The third kappa shape index (κ3) is 6.85. The molecule has 1 aliphatic rings. The number of alkyl halides is 5. The van der Waals surface area contributed by atoms with Crippen LogP contribution in [0.5, 0.6) is 0 Å². The molecule has 10 heteroatoms. The molecule has 1 heterocycles. The first-order valence-electron chi connectivity index (χ1n) is 6.82. The number of piperidine rings is 1. The van der Waals surface area contributed by atoms with E-state index in [2.05, 4.69) is 22.6 Å². The summed E-state index contributed by atoms with van der Waals surface area (Å²) in [5.41, 5.74) is 6.48. The molecule has 0 aromatic heterocycles. The van der Waals surface area contributed by atoms with E-state index in [1.807, 2.05) is 24.3 Å². The van der Waals surface area contributed by atoms with Gasteiger partial charge in [-0.25, -0.2) is 13.6 Å². The average molecular weight is 466 g/mol. The molecule has 0 amide bonds. The minimum atomic E-state index is -5.08. The molecule has 1 saturated heterocycles. The van der Waals surface area contributed by atoms with Crippen LogP contribution in [-0.4, -0.2) is 47.2 Å². The lowest BCUT2D eigenvalue weighted by Crippen LogP contribution is -2.54. The van der Waals surface area contributed by atoms with Crippen LogP contribution >= 0.6 is 22.6 Å². The van der Waals surface area contributed by atoms with Crippen LogP contribution in [0, 0.1) is 3.57 Å². The number of rotatable bonds is 2. The second-order valence-corrected chi connectivity index (χ2v) is 6.54. The van der Waals surface area contributed by atoms with Gasteiger partial charge in [0.15, 0.2) is 0 Å². The standard InChI is InChI=1S/C12H15F2IN2.C2HF3O2/c13-12(14)8-17(6-5-11(12)16)7-9-1-3-10(15)4-2-9;3-2(4,5)1(6)7/h1-4,11H,5-8,16H2;(H,6,7). The van der Waals surface area contributed by atoms with Crippen molar-refractivity contribution < 1.29 is 31.9 Å². The van der Waals surface area contributed by atoms with Crippen LogP contribution in [0.15, 0.2) is 24.3 Å². The second-order valence-electron chi connectivity index (χ2n) is 5.30. The van der Waals surface area contributed by atoms with Gasteiger partial charge < -0.3 is 10.8 Å². The van der Waals surface area contributed by atoms with Gasteiger partial charge in [-0.05, 0) is 46.7 Å². The van der Waals surface area contributed by atoms with Crippen molar-refractivity contribution in [2.75, 3.05) is 13.1 Å². The highest BCUT2D eigenvalue weighted by atomic mass is 127. The molecule has 136 valence electrons. The Morgan fingerprint density at radius 3 is 2.25 bits per heavy atom. The molecule has 3 N–H and O–H groups in total. The number of nitrogens with zero attached hydrogens (tertiary/aromatic N) is 1. The Morgan fingerprint density at radius 1 is 1.33 bits per heavy atom. The van der Waals surface area contributed by atoms with Crippen molar-refractivity contribution in [3.8, 4) is 0 Å². The minimum Gasteiger partial charge on any atom is -0.475 e. The average Bonchev–Trinajstić information content (AvgIpc) is 2.45. The predicted octanol–water partition coefficient (Wildman–Crippen LogP) is 3.09. The van der Waals surface area contributed by atoms with Crippen LogP contribution in [-0.2, 0) is 11.3 Å². The van der Waals surface area contributed by atoms with Crippen molar-refractivity contribution in [1.82, 2.24) is 4.90 Å². The molecule has 0 aliphatic carbocycles. The van der Waals surface area contributed by atoms with Gasteiger partial charge in [-0.15, -0.1) is 0 Å². The third-order valence-corrected chi connectivity index (χ3v) is 4.01. The number of hydrogen-bond donors (Lipinski definition) is 2. The van der Waals surface area contributed by atoms with Crippen LogP contribution in [0.1, 0.15) is 12.0 Å². The zero-order chi connectivity index (χ0) is 18.5. The molecule has 1 aromatic rings. The summed E-state index contributed by atoms with van der Waals surface area (Å²) in [5.74, 6) is -5.52. The summed E-state index contributed by atoms with van der Waals surface area (Å²) in [6.45, 7) is 0.974. The van der Waals surface area contributed by atoms with Gasteiger partial charge in [-0.2, -0.15) is 13.2 Å². The Labute approximate surface area is 148 Å². The van der Waals surface area contributed by atoms with Gasteiger partial charge in [-0.1, -0.05) is 12.1 Å². The minimum absolute atomic E-state index is 0.236. The van der Waals surface area contributed by atoms with Gasteiger partial charge in [0, 0.05) is 16.7 Å². The predicted molar refractivity (Wildman–Crippen MR) is 85.7 cm³/mol. The Kier molecular flexibility index (Phi) is 7.35. The molecule has 1 aromatic carbocycles. The highest BCUT2D eigenvalue weighted by Crippen LogP contribution is 2.26. The lowest BCUT2D eigenvalue weighted by atomic mass is 10.0. The topological polar surface area (TPSA) is 66.6 Å². The number of carboxylic acids is 1. The fourth-order valence-electron chi connectivity index (χ4n) is 2.01. The molecule has 0 spiro atoms. The third-order valence-electron chi connectivity index (χ3n) is 3.30. The number of nitrogens with two attached hydrogens (primary N) is 1. The molecule has 0 bridgehead atoms. The highest BCUT2D eigenvalue weighted by molar-refractivity contribution is 14.1. The molecule has 1 unspecified atom stereocenters. The van der Waals surface area contributed by atoms with Gasteiger partial charge in [-0.3, -0.25) is 4.90 Å². The SMILES string of the molecule is NC1CCN(Cc2ccc(I)cc2)CC1(F)F.O=C(O)C(F)(F)F. The molecule has 1 aliphatic heterocycles. The van der Waals surface area contributed by atoms with Crippen LogP contribution in [0.4, 0.5) is 22.0 Å². The number of carbonyl (C=O) groups is 1. The van der Waals surface area contributed by atoms with Crippen molar-refractivity contribution in [2.45, 2.75) is 31.1 Å². The second kappa shape index (κ2) is 8.39. The lowest BCUT2D eigenvalue weighted by Gasteiger charge is -2.36. The monoisotopic (exact) mass is 466 g/mol. The van der Waals surface area contributed by atoms with E-state index in [1.165, 1.54) is 0 Å². The first-order chi connectivity index (χ1) is 10.9. The van der Waals surface area contributed by atoms with E-state index in [9.17, 15) is 22.0 Å². The maximum atomic E-state index is 13.4. The Bertz CT molecular complexity index is 551. The van der Waals surface area contributed by atoms with E-state index < -0.39 is 24.1 Å². The first kappa shape index (κ1) is 21.0. The van der Waals surface area contributed by atoms with Crippen LogP contribution in [0.2, 0.25) is 0 Å². The number of halogens is 6. The molecular weight excluding hydrogens is 450 g/mol. The zero-order valence-electron chi connectivity index (χ0n) is 12.4. The number of aliphatic carboxylic acids is 1. The molecule has 0 saturated carbocycles. The Morgan fingerprint density at radius 2 is 1.83 bits per heavy atom. The summed E-state index contributed by atoms with van der Waals surface area (Å²) in [6, 6.07) is 6.95. The number of benzene rings is 1. The molecule has 4 nitrogen and oxygen atoms in total. The smallest absolute Gasteiger partial charge is 0.475 e. The lowest BCUT2D eigenvalue weighted by molar-refractivity contribution is -0.192. The normalized spacial score (nSPS) is 20.9. The summed E-state index contributed by atoms with van der Waals surface area (Å²) in [7, 11) is 0. The quantitative estimate of drug-likeness (QED) is 0.520. The van der Waals surface area contributed by atoms with Crippen molar-refractivity contribution >= 4 is 28.6 Å². The van der Waals surface area contributed by atoms with Gasteiger partial charge in [0.25, 0.3) is 5.92 Å². The van der Waals surface area contributed by atoms with Crippen LogP contribution < -0.4 is 5.73 Å². The van der Waals surface area contributed by atoms with E-state index in [1.54, 1.807) is 4.90 Å². The molecule has 0 radical (unpaired) electrons. The zero-order valence-corrected chi connectivity index (χ0v) is 14.5. The fourth-order valence-corrected chi connectivity index (χ4v) is 2.37. The summed E-state index contributed by atoms with van der Waals surface area (Å²) in [5, 5.41) is 7.12. The summed E-state index contributed by atoms with van der Waals surface area (Å²) in [6.07, 6.45) is -4.72. The van der Waals surface area contributed by atoms with Crippen molar-refractivity contribution in [1.29, 1.82) is 0 Å². The first-order valence-corrected chi connectivity index (χ1v) is 7.90. The van der Waals surface area contributed by atoms with E-state index in [-0.39, 0.29) is 6.54 Å². The Balaban J connectivity index is 0.000000351.